The lowest BCUT2D eigenvalue weighted by molar-refractivity contribution is 0.103. The minimum Gasteiger partial charge on any atom is -0.321 e. The van der Waals surface area contributed by atoms with Crippen LogP contribution in [0.25, 0.3) is 0 Å². The van der Waals surface area contributed by atoms with Crippen LogP contribution in [0.4, 0.5) is 10.1 Å². The van der Waals surface area contributed by atoms with E-state index in [1.165, 1.54) is 23.5 Å². The molecule has 1 aromatic heterocycles. The van der Waals surface area contributed by atoms with E-state index in [9.17, 15) is 9.18 Å². The van der Waals surface area contributed by atoms with Crippen LogP contribution in [0.15, 0.2) is 30.3 Å². The molecule has 0 aliphatic heterocycles. The molecule has 1 aromatic carbocycles. The lowest BCUT2D eigenvalue weighted by Gasteiger charge is -2.04. The summed E-state index contributed by atoms with van der Waals surface area (Å²) < 4.78 is 13.2. The maximum Gasteiger partial charge on any atom is 0.265 e. The molecule has 104 valence electrons. The Hall–Kier alpha value is -2.67. The summed E-state index contributed by atoms with van der Waals surface area (Å²) in [7, 11) is 0. The van der Waals surface area contributed by atoms with Crippen LogP contribution in [0.5, 0.6) is 0 Å². The maximum absolute atomic E-state index is 13.2. The molecule has 2 rings (SSSR count). The molecule has 0 spiro atoms. The van der Waals surface area contributed by atoms with Crippen LogP contribution in [0, 0.1) is 29.0 Å². The van der Waals surface area contributed by atoms with E-state index < -0.39 is 5.82 Å². The van der Waals surface area contributed by atoms with Gasteiger partial charge >= 0.3 is 0 Å². The van der Waals surface area contributed by atoms with Crippen molar-refractivity contribution in [3.05, 3.63) is 51.5 Å². The molecule has 6 heteroatoms. The summed E-state index contributed by atoms with van der Waals surface area (Å²) in [6.07, 6.45) is 0. The topological polar surface area (TPSA) is 78.9 Å². The summed E-state index contributed by atoms with van der Waals surface area (Å²) in [5.41, 5.74) is 5.52. The number of carbonyl (C=O) groups is 1. The molecule has 3 N–H and O–H groups in total. The summed E-state index contributed by atoms with van der Waals surface area (Å²) >= 11 is 1.23. The first-order valence-corrected chi connectivity index (χ1v) is 6.75. The number of nitrogens with zero attached hydrogens (tertiary/aromatic N) is 1. The number of nitrogens with one attached hydrogen (secondary N) is 1. The SMILES string of the molecule is N#Cc1cc(NC(=O)c2ccc(C#CCN)s2)ccc1F. The van der Waals surface area contributed by atoms with E-state index in [2.05, 4.69) is 17.2 Å². The summed E-state index contributed by atoms with van der Waals surface area (Å²) in [6.45, 7) is 0.256. The Balaban J connectivity index is 2.15. The fraction of sp³-hybridized carbons (Fsp3) is 0.0667. The monoisotopic (exact) mass is 299 g/mol. The number of benzene rings is 1. The zero-order chi connectivity index (χ0) is 15.2. The van der Waals surface area contributed by atoms with Gasteiger partial charge in [-0.25, -0.2) is 4.39 Å². The van der Waals surface area contributed by atoms with Crippen LogP contribution in [-0.4, -0.2) is 12.5 Å². The second kappa shape index (κ2) is 6.67. The van der Waals surface area contributed by atoms with E-state index in [1.54, 1.807) is 18.2 Å². The number of hydrogen-bond donors (Lipinski definition) is 2. The van der Waals surface area contributed by atoms with Crippen LogP contribution >= 0.6 is 11.3 Å². The molecule has 0 aliphatic carbocycles. The van der Waals surface area contributed by atoms with Crippen molar-refractivity contribution < 1.29 is 9.18 Å². The van der Waals surface area contributed by atoms with E-state index in [1.807, 2.05) is 0 Å². The van der Waals surface area contributed by atoms with Crippen LogP contribution in [-0.2, 0) is 0 Å². The number of thiophene rings is 1. The maximum atomic E-state index is 13.2. The average Bonchev–Trinajstić information content (AvgIpc) is 2.96. The van der Waals surface area contributed by atoms with Crippen LogP contribution in [0.1, 0.15) is 20.1 Å². The number of amides is 1. The number of nitriles is 1. The second-order valence-electron chi connectivity index (χ2n) is 3.93. The molecule has 0 radical (unpaired) electrons. The Morgan fingerprint density at radius 3 is 2.90 bits per heavy atom. The van der Waals surface area contributed by atoms with Gasteiger partial charge < -0.3 is 11.1 Å². The molecule has 0 bridgehead atoms. The highest BCUT2D eigenvalue weighted by molar-refractivity contribution is 7.14. The standard InChI is InChI=1S/C15H10FN3OS/c16-13-5-3-11(8-10(13)9-18)19-15(20)14-6-4-12(21-14)2-1-7-17/h3-6,8H,7,17H2,(H,19,20). The Kier molecular flexibility index (Phi) is 4.68. The Labute approximate surface area is 125 Å². The quantitative estimate of drug-likeness (QED) is 0.835. The first-order chi connectivity index (χ1) is 10.1. The first kappa shape index (κ1) is 14.7. The molecular weight excluding hydrogens is 289 g/mol. The lowest BCUT2D eigenvalue weighted by Crippen LogP contribution is -2.10. The lowest BCUT2D eigenvalue weighted by atomic mass is 10.2. The third kappa shape index (κ3) is 3.67. The van der Waals surface area contributed by atoms with Crippen molar-refractivity contribution >= 4 is 22.9 Å². The number of nitrogens with two attached hydrogens (primary N) is 1. The van der Waals surface area contributed by atoms with Crippen LogP contribution in [0.2, 0.25) is 0 Å². The van der Waals surface area contributed by atoms with Crippen molar-refractivity contribution in [2.45, 2.75) is 0 Å². The van der Waals surface area contributed by atoms with Gasteiger partial charge in [0, 0.05) is 5.69 Å². The van der Waals surface area contributed by atoms with Crippen molar-refractivity contribution in [1.29, 1.82) is 5.26 Å². The zero-order valence-electron chi connectivity index (χ0n) is 10.8. The van der Waals surface area contributed by atoms with Gasteiger partial charge in [0.2, 0.25) is 0 Å². The third-order valence-corrected chi connectivity index (χ3v) is 3.49. The van der Waals surface area contributed by atoms with Gasteiger partial charge in [0.25, 0.3) is 5.91 Å². The number of rotatable bonds is 2. The molecule has 0 aliphatic rings. The third-order valence-electron chi connectivity index (χ3n) is 2.49. The molecule has 1 amide bonds. The minimum atomic E-state index is -0.619. The molecule has 4 nitrogen and oxygen atoms in total. The fourth-order valence-electron chi connectivity index (χ4n) is 1.55. The number of carbonyl (C=O) groups excluding carboxylic acids is 1. The van der Waals surface area contributed by atoms with Crippen molar-refractivity contribution in [1.82, 2.24) is 0 Å². The van der Waals surface area contributed by atoms with Gasteiger partial charge in [-0.1, -0.05) is 11.8 Å². The molecule has 1 heterocycles. The smallest absolute Gasteiger partial charge is 0.265 e. The van der Waals surface area contributed by atoms with Gasteiger partial charge in [-0.15, -0.1) is 11.3 Å². The van der Waals surface area contributed by atoms with Crippen LogP contribution < -0.4 is 11.1 Å². The highest BCUT2D eigenvalue weighted by atomic mass is 32.1. The van der Waals surface area contributed by atoms with Crippen molar-refractivity contribution in [2.75, 3.05) is 11.9 Å². The summed E-state index contributed by atoms with van der Waals surface area (Å²) in [6, 6.07) is 8.93. The zero-order valence-corrected chi connectivity index (χ0v) is 11.6. The number of anilines is 1. The molecular formula is C15H10FN3OS. The van der Waals surface area contributed by atoms with E-state index in [4.69, 9.17) is 11.0 Å². The molecule has 0 saturated carbocycles. The Morgan fingerprint density at radius 2 is 2.19 bits per heavy atom. The first-order valence-electron chi connectivity index (χ1n) is 5.94. The Morgan fingerprint density at radius 1 is 1.38 bits per heavy atom. The minimum absolute atomic E-state index is 0.117. The molecule has 0 fully saturated rings. The van der Waals surface area contributed by atoms with Crippen molar-refractivity contribution in [3.8, 4) is 17.9 Å². The fourth-order valence-corrected chi connectivity index (χ4v) is 2.32. The van der Waals surface area contributed by atoms with Gasteiger partial charge in [0.1, 0.15) is 11.9 Å². The molecule has 0 atom stereocenters. The van der Waals surface area contributed by atoms with Gasteiger partial charge in [0.15, 0.2) is 0 Å². The van der Waals surface area contributed by atoms with Gasteiger partial charge in [-0.05, 0) is 30.3 Å². The number of hydrogen-bond acceptors (Lipinski definition) is 4. The highest BCUT2D eigenvalue weighted by Crippen LogP contribution is 2.19. The van der Waals surface area contributed by atoms with Crippen molar-refractivity contribution in [3.63, 3.8) is 0 Å². The normalized spacial score (nSPS) is 9.38. The summed E-state index contributed by atoms with van der Waals surface area (Å²) in [5, 5.41) is 11.4. The largest absolute Gasteiger partial charge is 0.321 e. The second-order valence-corrected chi connectivity index (χ2v) is 5.01. The van der Waals surface area contributed by atoms with Crippen molar-refractivity contribution in [2.24, 2.45) is 5.73 Å². The highest BCUT2D eigenvalue weighted by Gasteiger charge is 2.10. The van der Waals surface area contributed by atoms with Gasteiger partial charge in [0.05, 0.1) is 21.9 Å². The summed E-state index contributed by atoms with van der Waals surface area (Å²) in [4.78, 5) is 13.2. The molecule has 0 saturated heterocycles. The van der Waals surface area contributed by atoms with E-state index in [0.717, 1.165) is 10.9 Å². The van der Waals surface area contributed by atoms with Crippen LogP contribution in [0.3, 0.4) is 0 Å². The predicted molar refractivity (Wildman–Crippen MR) is 79.3 cm³/mol. The van der Waals surface area contributed by atoms with Gasteiger partial charge in [-0.2, -0.15) is 5.26 Å². The molecule has 2 aromatic rings. The average molecular weight is 299 g/mol. The molecule has 21 heavy (non-hydrogen) atoms. The van der Waals surface area contributed by atoms with Gasteiger partial charge in [-0.3, -0.25) is 4.79 Å². The predicted octanol–water partition coefficient (Wildman–Crippen LogP) is 2.32. The van der Waals surface area contributed by atoms with E-state index in [-0.39, 0.29) is 18.0 Å². The Bertz CT molecular complexity index is 780. The molecule has 0 unspecified atom stereocenters. The van der Waals surface area contributed by atoms with E-state index >= 15 is 0 Å². The summed E-state index contributed by atoms with van der Waals surface area (Å²) in [5.74, 6) is 4.59. The van der Waals surface area contributed by atoms with E-state index in [0.29, 0.717) is 10.6 Å². The number of halogens is 1.